The summed E-state index contributed by atoms with van der Waals surface area (Å²) in [5.74, 6) is -1.42. The summed E-state index contributed by atoms with van der Waals surface area (Å²) in [6, 6.07) is 1.77. The fraction of sp³-hybridized carbons (Fsp3) is 0.632. The van der Waals surface area contributed by atoms with Crippen molar-refractivity contribution in [3.05, 3.63) is 22.1 Å². The van der Waals surface area contributed by atoms with E-state index in [1.807, 2.05) is 30.9 Å². The number of carbonyl (C=O) groups is 2. The summed E-state index contributed by atoms with van der Waals surface area (Å²) >= 11 is 2.74. The van der Waals surface area contributed by atoms with Crippen LogP contribution in [-0.2, 0) is 23.8 Å². The molecule has 4 aliphatic rings. The molecule has 9 heteroatoms. The Hall–Kier alpha value is -1.63. The third kappa shape index (κ3) is 2.93. The minimum absolute atomic E-state index is 0.424. The van der Waals surface area contributed by atoms with Gasteiger partial charge in [0.1, 0.15) is 18.0 Å². The molecular weight excluding hydrogens is 400 g/mol. The molecule has 4 rings (SSSR count). The maximum Gasteiger partial charge on any atom is 0.325 e. The van der Waals surface area contributed by atoms with Gasteiger partial charge in [0.05, 0.1) is 30.4 Å². The lowest BCUT2D eigenvalue weighted by molar-refractivity contribution is -0.181. The average Bonchev–Trinajstić information content (AvgIpc) is 2.72. The molecule has 3 heterocycles. The summed E-state index contributed by atoms with van der Waals surface area (Å²) in [5, 5.41) is 9.91. The Morgan fingerprint density at radius 3 is 2.64 bits per heavy atom. The largest absolute Gasteiger partial charge is 0.469 e. The fourth-order valence-corrected chi connectivity index (χ4v) is 7.20. The second kappa shape index (κ2) is 8.39. The lowest BCUT2D eigenvalue weighted by Gasteiger charge is -2.61. The van der Waals surface area contributed by atoms with Crippen molar-refractivity contribution in [2.24, 2.45) is 11.8 Å². The van der Waals surface area contributed by atoms with Crippen LogP contribution in [0.25, 0.3) is 0 Å². The van der Waals surface area contributed by atoms with Gasteiger partial charge in [-0.15, -0.1) is 11.8 Å². The number of thioether (sulfide) groups is 2. The van der Waals surface area contributed by atoms with Crippen LogP contribution in [0.5, 0.6) is 0 Å². The van der Waals surface area contributed by atoms with Gasteiger partial charge >= 0.3 is 11.9 Å². The fourth-order valence-electron chi connectivity index (χ4n) is 4.23. The number of methoxy groups -OCH3 is 2. The third-order valence-corrected chi connectivity index (χ3v) is 7.98. The first-order valence-electron chi connectivity index (χ1n) is 9.22. The Kier molecular flexibility index (Phi) is 6.32. The monoisotopic (exact) mass is 424 g/mol. The summed E-state index contributed by atoms with van der Waals surface area (Å²) in [4.78, 5) is 27.9. The molecule has 1 aliphatic carbocycles. The number of hydrogen-bond acceptors (Lipinski definition) is 9. The Morgan fingerprint density at radius 1 is 1.32 bits per heavy atom. The first-order chi connectivity index (χ1) is 13.5. The molecule has 5 unspecified atom stereocenters. The van der Waals surface area contributed by atoms with Gasteiger partial charge in [-0.2, -0.15) is 5.26 Å². The molecule has 7 nitrogen and oxygen atoms in total. The molecule has 0 N–H and O–H groups in total. The Balaban J connectivity index is 2.24. The number of hydrogen-bond donors (Lipinski definition) is 0. The number of esters is 2. The van der Waals surface area contributed by atoms with Crippen molar-refractivity contribution in [3.8, 4) is 6.07 Å². The van der Waals surface area contributed by atoms with Crippen LogP contribution in [-0.4, -0.2) is 60.4 Å². The van der Waals surface area contributed by atoms with Gasteiger partial charge < -0.3 is 19.1 Å². The molecular formula is C19H24N2O5S2. The number of nitriles is 1. The van der Waals surface area contributed by atoms with Gasteiger partial charge in [0.15, 0.2) is 4.75 Å². The highest BCUT2D eigenvalue weighted by Crippen LogP contribution is 2.61. The zero-order chi connectivity index (χ0) is 20.5. The normalized spacial score (nSPS) is 32.9. The first kappa shape index (κ1) is 21.1. The summed E-state index contributed by atoms with van der Waals surface area (Å²) in [7, 11) is 2.65. The molecule has 0 amide bonds. The van der Waals surface area contributed by atoms with E-state index in [9.17, 15) is 14.9 Å². The van der Waals surface area contributed by atoms with Crippen LogP contribution < -0.4 is 0 Å². The van der Waals surface area contributed by atoms with Crippen molar-refractivity contribution < 1.29 is 23.8 Å². The van der Waals surface area contributed by atoms with Crippen LogP contribution in [0, 0.1) is 23.2 Å². The summed E-state index contributed by atoms with van der Waals surface area (Å²) in [6.07, 6.45) is 4.09. The van der Waals surface area contributed by atoms with Gasteiger partial charge in [-0.3, -0.25) is 9.59 Å². The van der Waals surface area contributed by atoms with Crippen molar-refractivity contribution in [2.75, 3.05) is 26.6 Å². The Morgan fingerprint density at radius 2 is 2.07 bits per heavy atom. The van der Waals surface area contributed by atoms with E-state index in [2.05, 4.69) is 6.07 Å². The summed E-state index contributed by atoms with van der Waals surface area (Å²) < 4.78 is 15.9. The maximum atomic E-state index is 13.1. The van der Waals surface area contributed by atoms with E-state index in [1.165, 1.54) is 37.7 Å². The van der Waals surface area contributed by atoms with E-state index in [0.29, 0.717) is 16.5 Å². The topological polar surface area (TPSA) is 88.9 Å². The molecule has 5 atom stereocenters. The number of carbonyl (C=O) groups excluding carboxylic acids is 2. The summed E-state index contributed by atoms with van der Waals surface area (Å²) in [5.41, 5.74) is 0.486. The van der Waals surface area contributed by atoms with E-state index in [0.717, 1.165) is 12.2 Å². The summed E-state index contributed by atoms with van der Waals surface area (Å²) in [6.45, 7) is 4.46. The Labute approximate surface area is 173 Å². The van der Waals surface area contributed by atoms with Crippen molar-refractivity contribution in [2.45, 2.75) is 37.3 Å². The lowest BCUT2D eigenvalue weighted by Crippen LogP contribution is -2.74. The quantitative estimate of drug-likeness (QED) is 0.452. The van der Waals surface area contributed by atoms with Crippen LogP contribution in [0.4, 0.5) is 0 Å². The molecule has 0 aromatic rings. The average molecular weight is 425 g/mol. The van der Waals surface area contributed by atoms with E-state index >= 15 is 0 Å². The molecule has 0 saturated carbocycles. The standard InChI is InChI=1S/C19H24N2O5S2/c1-5-9-26-15-11-7-8-13-19(18(23)25-4,14(11)16(22)24-3)28-17(27-6-2)12(10-20)21(13)15/h7-8,11,13-15H,5-6,9H2,1-4H3. The van der Waals surface area contributed by atoms with Crippen molar-refractivity contribution in [3.63, 3.8) is 0 Å². The maximum absolute atomic E-state index is 13.1. The molecule has 28 heavy (non-hydrogen) atoms. The van der Waals surface area contributed by atoms with Gasteiger partial charge in [-0.05, 0) is 12.2 Å². The zero-order valence-electron chi connectivity index (χ0n) is 16.3. The second-order valence-electron chi connectivity index (χ2n) is 6.64. The van der Waals surface area contributed by atoms with E-state index in [4.69, 9.17) is 14.2 Å². The molecule has 0 aromatic heterocycles. The third-order valence-electron chi connectivity index (χ3n) is 5.25. The van der Waals surface area contributed by atoms with Crippen LogP contribution in [0.15, 0.2) is 22.1 Å². The van der Waals surface area contributed by atoms with E-state index in [1.54, 1.807) is 0 Å². The number of nitrogens with zero attached hydrogens (tertiary/aromatic N) is 2. The highest BCUT2D eigenvalue weighted by atomic mass is 32.2. The smallest absolute Gasteiger partial charge is 0.325 e. The van der Waals surface area contributed by atoms with E-state index < -0.39 is 40.8 Å². The molecule has 1 fully saturated rings. The van der Waals surface area contributed by atoms with Crippen molar-refractivity contribution in [1.29, 1.82) is 5.26 Å². The molecule has 4 bridgehead atoms. The highest BCUT2D eigenvalue weighted by Gasteiger charge is 2.70. The predicted octanol–water partition coefficient (Wildman–Crippen LogP) is 2.50. The molecule has 1 saturated heterocycles. The molecule has 0 aromatic carbocycles. The number of ether oxygens (including phenoxy) is 3. The van der Waals surface area contributed by atoms with Gasteiger partial charge in [0.25, 0.3) is 0 Å². The number of piperidine rings is 1. The SMILES string of the molecule is CCCOC1C2C=CC3N1C(C#N)=C(SCC)SC3(C(=O)OC)C2C(=O)OC. The zero-order valence-corrected chi connectivity index (χ0v) is 18.0. The van der Waals surface area contributed by atoms with Crippen LogP contribution in [0.3, 0.4) is 0 Å². The van der Waals surface area contributed by atoms with Gasteiger partial charge in [0, 0.05) is 12.5 Å². The van der Waals surface area contributed by atoms with Crippen LogP contribution >= 0.6 is 23.5 Å². The van der Waals surface area contributed by atoms with Crippen LogP contribution in [0.1, 0.15) is 20.3 Å². The molecule has 0 spiro atoms. The second-order valence-corrected chi connectivity index (χ2v) is 9.46. The molecule has 3 aliphatic heterocycles. The first-order valence-corrected chi connectivity index (χ1v) is 11.0. The predicted molar refractivity (Wildman–Crippen MR) is 107 cm³/mol. The minimum atomic E-state index is -1.22. The van der Waals surface area contributed by atoms with Gasteiger partial charge in [-0.25, -0.2) is 0 Å². The van der Waals surface area contributed by atoms with Crippen molar-refractivity contribution >= 4 is 35.5 Å². The highest BCUT2D eigenvalue weighted by molar-refractivity contribution is 8.23. The number of allylic oxidation sites excluding steroid dienone is 1. The number of rotatable bonds is 7. The van der Waals surface area contributed by atoms with E-state index in [-0.39, 0.29) is 0 Å². The van der Waals surface area contributed by atoms with Crippen molar-refractivity contribution in [1.82, 2.24) is 4.90 Å². The molecule has 152 valence electrons. The van der Waals surface area contributed by atoms with Crippen LogP contribution in [0.2, 0.25) is 0 Å². The van der Waals surface area contributed by atoms with Gasteiger partial charge in [0.2, 0.25) is 0 Å². The van der Waals surface area contributed by atoms with Gasteiger partial charge in [-0.1, -0.05) is 37.8 Å². The lowest BCUT2D eigenvalue weighted by atomic mass is 9.66. The Bertz CT molecular complexity index is 762. The minimum Gasteiger partial charge on any atom is -0.469 e. The molecule has 0 radical (unpaired) electrons.